The summed E-state index contributed by atoms with van der Waals surface area (Å²) in [6.07, 6.45) is 0. The third-order valence-electron chi connectivity index (χ3n) is 2.65. The van der Waals surface area contributed by atoms with Crippen LogP contribution in [0.1, 0.15) is 0 Å². The highest BCUT2D eigenvalue weighted by atomic mass is 79.9. The first-order valence-electron chi connectivity index (χ1n) is 5.32. The van der Waals surface area contributed by atoms with Crippen LogP contribution >= 0.6 is 15.9 Å². The molecule has 0 aliphatic rings. The summed E-state index contributed by atoms with van der Waals surface area (Å²) in [6.45, 7) is 0. The molecule has 5 heteroatoms. The Balaban J connectivity index is 2.37. The molecular weight excluding hydrogens is 296 g/mol. The average Bonchev–Trinajstić information content (AvgIpc) is 2.38. The minimum Gasteiger partial charge on any atom is -0.344 e. The van der Waals surface area contributed by atoms with Crippen molar-refractivity contribution < 1.29 is 4.92 Å². The van der Waals surface area contributed by atoms with E-state index in [2.05, 4.69) is 15.9 Å². The highest BCUT2D eigenvalue weighted by Gasteiger charge is 2.12. The van der Waals surface area contributed by atoms with E-state index in [0.29, 0.717) is 4.47 Å². The number of halogens is 1. The summed E-state index contributed by atoms with van der Waals surface area (Å²) in [4.78, 5) is 12.2. The van der Waals surface area contributed by atoms with Crippen LogP contribution in [-0.2, 0) is 0 Å². The van der Waals surface area contributed by atoms with Crippen LogP contribution in [0.5, 0.6) is 0 Å². The molecule has 0 radical (unpaired) electrons. The van der Waals surface area contributed by atoms with Gasteiger partial charge in [0, 0.05) is 29.3 Å². The zero-order valence-corrected chi connectivity index (χ0v) is 11.3. The van der Waals surface area contributed by atoms with E-state index in [0.717, 1.165) is 11.4 Å². The minimum absolute atomic E-state index is 0.0760. The van der Waals surface area contributed by atoms with Crippen molar-refractivity contribution >= 4 is 33.0 Å². The Bertz CT molecular complexity index is 572. The second-order valence-corrected chi connectivity index (χ2v) is 4.64. The Hall–Kier alpha value is -1.88. The van der Waals surface area contributed by atoms with Gasteiger partial charge in [-0.25, -0.2) is 0 Å². The number of nitro groups is 1. The molecule has 0 aliphatic carbocycles. The lowest BCUT2D eigenvalue weighted by Crippen LogP contribution is -2.09. The van der Waals surface area contributed by atoms with Crippen LogP contribution < -0.4 is 4.90 Å². The van der Waals surface area contributed by atoms with Gasteiger partial charge in [0.2, 0.25) is 0 Å². The molecule has 2 aromatic carbocycles. The van der Waals surface area contributed by atoms with Crippen LogP contribution in [0.25, 0.3) is 0 Å². The number of anilines is 2. The maximum absolute atomic E-state index is 10.7. The first-order chi connectivity index (χ1) is 8.59. The lowest BCUT2D eigenvalue weighted by molar-refractivity contribution is -0.384. The smallest absolute Gasteiger partial charge is 0.270 e. The van der Waals surface area contributed by atoms with Crippen molar-refractivity contribution in [2.24, 2.45) is 0 Å². The fourth-order valence-corrected chi connectivity index (χ4v) is 2.30. The predicted molar refractivity (Wildman–Crippen MR) is 75.3 cm³/mol. The van der Waals surface area contributed by atoms with Crippen molar-refractivity contribution in [3.63, 3.8) is 0 Å². The number of nitro benzene ring substituents is 1. The molecule has 0 bridgehead atoms. The monoisotopic (exact) mass is 306 g/mol. The highest BCUT2D eigenvalue weighted by molar-refractivity contribution is 9.10. The zero-order chi connectivity index (χ0) is 13.1. The van der Waals surface area contributed by atoms with Crippen LogP contribution in [0, 0.1) is 10.1 Å². The SMILES string of the molecule is CN(c1ccccc1)c1ccc([N+](=O)[O-])cc1Br. The topological polar surface area (TPSA) is 46.4 Å². The van der Waals surface area contributed by atoms with Crippen molar-refractivity contribution in [3.8, 4) is 0 Å². The van der Waals surface area contributed by atoms with Crippen LogP contribution in [0.15, 0.2) is 53.0 Å². The lowest BCUT2D eigenvalue weighted by atomic mass is 10.2. The number of non-ortho nitro benzene ring substituents is 1. The van der Waals surface area contributed by atoms with Crippen LogP contribution in [0.4, 0.5) is 17.1 Å². The number of rotatable bonds is 3. The first kappa shape index (κ1) is 12.6. The van der Waals surface area contributed by atoms with E-state index in [4.69, 9.17) is 0 Å². The normalized spacial score (nSPS) is 10.1. The van der Waals surface area contributed by atoms with Gasteiger partial charge in [-0.2, -0.15) is 0 Å². The molecule has 0 aliphatic heterocycles. The molecule has 92 valence electrons. The Morgan fingerprint density at radius 1 is 1.17 bits per heavy atom. The molecule has 18 heavy (non-hydrogen) atoms. The van der Waals surface area contributed by atoms with E-state index in [1.807, 2.05) is 42.3 Å². The summed E-state index contributed by atoms with van der Waals surface area (Å²) in [5, 5.41) is 10.7. The van der Waals surface area contributed by atoms with E-state index < -0.39 is 4.92 Å². The van der Waals surface area contributed by atoms with Gasteiger partial charge in [-0.1, -0.05) is 18.2 Å². The van der Waals surface area contributed by atoms with Gasteiger partial charge in [0.25, 0.3) is 5.69 Å². The van der Waals surface area contributed by atoms with Gasteiger partial charge in [0.05, 0.1) is 10.6 Å². The van der Waals surface area contributed by atoms with Crippen molar-refractivity contribution in [1.82, 2.24) is 0 Å². The standard InChI is InChI=1S/C13H11BrN2O2/c1-15(10-5-3-2-4-6-10)13-8-7-11(16(17)18)9-12(13)14/h2-9H,1H3. The van der Waals surface area contributed by atoms with Gasteiger partial charge >= 0.3 is 0 Å². The molecule has 4 nitrogen and oxygen atoms in total. The molecule has 0 atom stereocenters. The first-order valence-corrected chi connectivity index (χ1v) is 6.11. The average molecular weight is 307 g/mol. The molecular formula is C13H11BrN2O2. The quantitative estimate of drug-likeness (QED) is 0.633. The van der Waals surface area contributed by atoms with Crippen LogP contribution in [0.3, 0.4) is 0 Å². The van der Waals surface area contributed by atoms with E-state index in [1.54, 1.807) is 6.07 Å². The maximum atomic E-state index is 10.7. The number of hydrogen-bond acceptors (Lipinski definition) is 3. The summed E-state index contributed by atoms with van der Waals surface area (Å²) in [5.74, 6) is 0. The number of para-hydroxylation sites is 1. The Morgan fingerprint density at radius 3 is 2.39 bits per heavy atom. The second kappa shape index (κ2) is 5.18. The van der Waals surface area contributed by atoms with E-state index in [9.17, 15) is 10.1 Å². The molecule has 2 aromatic rings. The summed E-state index contributed by atoms with van der Waals surface area (Å²) in [7, 11) is 1.92. The van der Waals surface area contributed by atoms with Gasteiger partial charge in [0.15, 0.2) is 0 Å². The van der Waals surface area contributed by atoms with Crippen LogP contribution in [0.2, 0.25) is 0 Å². The third kappa shape index (κ3) is 2.51. The van der Waals surface area contributed by atoms with E-state index in [-0.39, 0.29) is 5.69 Å². The molecule has 0 saturated carbocycles. The number of benzene rings is 2. The fraction of sp³-hybridized carbons (Fsp3) is 0.0769. The van der Waals surface area contributed by atoms with Crippen molar-refractivity contribution in [1.29, 1.82) is 0 Å². The molecule has 0 heterocycles. The lowest BCUT2D eigenvalue weighted by Gasteiger charge is -2.20. The van der Waals surface area contributed by atoms with Gasteiger partial charge in [-0.3, -0.25) is 10.1 Å². The Kier molecular flexibility index (Phi) is 3.62. The van der Waals surface area contributed by atoms with Gasteiger partial charge < -0.3 is 4.90 Å². The fourth-order valence-electron chi connectivity index (χ4n) is 1.67. The summed E-state index contributed by atoms with van der Waals surface area (Å²) >= 11 is 3.37. The predicted octanol–water partition coefficient (Wildman–Crippen LogP) is 4.13. The molecule has 0 aromatic heterocycles. The van der Waals surface area contributed by atoms with Gasteiger partial charge in [-0.05, 0) is 34.1 Å². The summed E-state index contributed by atoms with van der Waals surface area (Å²) in [5.41, 5.74) is 1.98. The van der Waals surface area contributed by atoms with Crippen LogP contribution in [-0.4, -0.2) is 12.0 Å². The largest absolute Gasteiger partial charge is 0.344 e. The molecule has 0 unspecified atom stereocenters. The molecule has 0 amide bonds. The van der Waals surface area contributed by atoms with Crippen molar-refractivity contribution in [3.05, 3.63) is 63.1 Å². The minimum atomic E-state index is -0.406. The third-order valence-corrected chi connectivity index (χ3v) is 3.28. The van der Waals surface area contributed by atoms with E-state index in [1.165, 1.54) is 12.1 Å². The summed E-state index contributed by atoms with van der Waals surface area (Å²) < 4.78 is 0.697. The highest BCUT2D eigenvalue weighted by Crippen LogP contribution is 2.33. The Morgan fingerprint density at radius 2 is 1.83 bits per heavy atom. The molecule has 2 rings (SSSR count). The summed E-state index contributed by atoms with van der Waals surface area (Å²) in [6, 6.07) is 14.5. The maximum Gasteiger partial charge on any atom is 0.270 e. The number of hydrogen-bond donors (Lipinski definition) is 0. The number of nitrogens with zero attached hydrogens (tertiary/aromatic N) is 2. The van der Waals surface area contributed by atoms with E-state index >= 15 is 0 Å². The molecule has 0 spiro atoms. The Labute approximate surface area is 113 Å². The zero-order valence-electron chi connectivity index (χ0n) is 9.71. The second-order valence-electron chi connectivity index (χ2n) is 3.79. The van der Waals surface area contributed by atoms with Crippen molar-refractivity contribution in [2.45, 2.75) is 0 Å². The van der Waals surface area contributed by atoms with Gasteiger partial charge in [-0.15, -0.1) is 0 Å². The molecule has 0 fully saturated rings. The van der Waals surface area contributed by atoms with Gasteiger partial charge in [0.1, 0.15) is 0 Å². The molecule has 0 saturated heterocycles. The van der Waals surface area contributed by atoms with Crippen molar-refractivity contribution in [2.75, 3.05) is 11.9 Å². The molecule has 0 N–H and O–H groups in total.